The van der Waals surface area contributed by atoms with E-state index in [-0.39, 0.29) is 0 Å². The maximum Gasteiger partial charge on any atom is 0.0134 e. The molecule has 0 radical (unpaired) electrons. The minimum atomic E-state index is 0.434. The first-order valence-corrected chi connectivity index (χ1v) is 7.31. The number of hydrogen-bond donors (Lipinski definition) is 1. The Morgan fingerprint density at radius 1 is 1.56 bits per heavy atom. The van der Waals surface area contributed by atoms with Crippen LogP contribution in [0.25, 0.3) is 0 Å². The highest BCUT2D eigenvalue weighted by Crippen LogP contribution is 2.44. The summed E-state index contributed by atoms with van der Waals surface area (Å²) in [6, 6.07) is 3.00. The molecular weight excluding hydrogens is 214 g/mol. The summed E-state index contributed by atoms with van der Waals surface area (Å²) in [5.41, 5.74) is 1.92. The van der Waals surface area contributed by atoms with Gasteiger partial charge in [-0.2, -0.15) is 0 Å². The predicted octanol–water partition coefficient (Wildman–Crippen LogP) is 3.87. The lowest BCUT2D eigenvalue weighted by Crippen LogP contribution is -2.29. The number of thiophene rings is 1. The molecule has 1 aromatic heterocycles. The second-order valence-corrected chi connectivity index (χ2v) is 6.30. The molecule has 1 aliphatic rings. The van der Waals surface area contributed by atoms with Crippen LogP contribution in [-0.4, -0.2) is 12.6 Å². The molecule has 2 atom stereocenters. The number of nitrogens with one attached hydrogen (secondary N) is 1. The Kier molecular flexibility index (Phi) is 3.70. The lowest BCUT2D eigenvalue weighted by molar-refractivity contribution is 0.458. The Hall–Kier alpha value is -0.340. The highest BCUT2D eigenvalue weighted by atomic mass is 32.1. The zero-order valence-corrected chi connectivity index (χ0v) is 11.5. The fourth-order valence-corrected chi connectivity index (χ4v) is 4.09. The summed E-state index contributed by atoms with van der Waals surface area (Å²) < 4.78 is 0. The van der Waals surface area contributed by atoms with Crippen molar-refractivity contribution < 1.29 is 0 Å². The smallest absolute Gasteiger partial charge is 0.0134 e. The van der Waals surface area contributed by atoms with Gasteiger partial charge in [0.15, 0.2) is 0 Å². The van der Waals surface area contributed by atoms with E-state index in [1.807, 2.05) is 11.3 Å². The van der Waals surface area contributed by atoms with E-state index in [2.05, 4.69) is 37.5 Å². The van der Waals surface area contributed by atoms with E-state index < -0.39 is 0 Å². The molecule has 1 aliphatic carbocycles. The summed E-state index contributed by atoms with van der Waals surface area (Å²) in [5, 5.41) is 5.91. The van der Waals surface area contributed by atoms with E-state index in [1.54, 1.807) is 4.88 Å². The maximum absolute atomic E-state index is 3.67. The summed E-state index contributed by atoms with van der Waals surface area (Å²) in [6.07, 6.45) is 5.24. The van der Waals surface area contributed by atoms with E-state index in [4.69, 9.17) is 0 Å². The van der Waals surface area contributed by atoms with Crippen molar-refractivity contribution in [1.82, 2.24) is 5.32 Å². The van der Waals surface area contributed by atoms with Crippen LogP contribution in [0.15, 0.2) is 11.4 Å². The molecule has 1 heterocycles. The molecule has 2 heteroatoms. The fourth-order valence-electron chi connectivity index (χ4n) is 2.96. The van der Waals surface area contributed by atoms with Crippen molar-refractivity contribution in [3.63, 3.8) is 0 Å². The SMILES string of the molecule is CCCNC1CCC(C)(c2sccc2C)C1. The highest BCUT2D eigenvalue weighted by molar-refractivity contribution is 7.10. The Bertz CT molecular complexity index is 344. The molecule has 1 nitrogen and oxygen atoms in total. The first-order chi connectivity index (χ1) is 7.65. The molecule has 0 spiro atoms. The second kappa shape index (κ2) is 4.89. The standard InChI is InChI=1S/C14H23NS/c1-4-8-15-12-5-7-14(3,10-12)13-11(2)6-9-16-13/h6,9,12,15H,4-5,7-8,10H2,1-3H3. The predicted molar refractivity (Wildman–Crippen MR) is 72.3 cm³/mol. The van der Waals surface area contributed by atoms with Crippen molar-refractivity contribution in [1.29, 1.82) is 0 Å². The van der Waals surface area contributed by atoms with E-state index >= 15 is 0 Å². The van der Waals surface area contributed by atoms with Crippen LogP contribution in [0.1, 0.15) is 50.0 Å². The van der Waals surface area contributed by atoms with Gasteiger partial charge < -0.3 is 5.32 Å². The minimum Gasteiger partial charge on any atom is -0.314 e. The average Bonchev–Trinajstić information content (AvgIpc) is 2.83. The van der Waals surface area contributed by atoms with Crippen LogP contribution in [0.3, 0.4) is 0 Å². The fraction of sp³-hybridized carbons (Fsp3) is 0.714. The number of rotatable bonds is 4. The van der Waals surface area contributed by atoms with Gasteiger partial charge in [0, 0.05) is 16.3 Å². The topological polar surface area (TPSA) is 12.0 Å². The van der Waals surface area contributed by atoms with Gasteiger partial charge in [-0.05, 0) is 56.2 Å². The molecule has 0 saturated heterocycles. The molecular formula is C14H23NS. The van der Waals surface area contributed by atoms with Crippen molar-refractivity contribution in [2.75, 3.05) is 6.54 Å². The largest absolute Gasteiger partial charge is 0.314 e. The average molecular weight is 237 g/mol. The Balaban J connectivity index is 2.03. The second-order valence-electron chi connectivity index (χ2n) is 5.39. The van der Waals surface area contributed by atoms with Crippen LogP contribution >= 0.6 is 11.3 Å². The van der Waals surface area contributed by atoms with E-state index in [9.17, 15) is 0 Å². The molecule has 0 aliphatic heterocycles. The van der Waals surface area contributed by atoms with Crippen molar-refractivity contribution in [2.24, 2.45) is 0 Å². The summed E-state index contributed by atoms with van der Waals surface area (Å²) in [6.45, 7) is 8.11. The van der Waals surface area contributed by atoms with Gasteiger partial charge in [-0.15, -0.1) is 11.3 Å². The Morgan fingerprint density at radius 2 is 2.38 bits per heavy atom. The lowest BCUT2D eigenvalue weighted by atomic mass is 9.85. The van der Waals surface area contributed by atoms with Gasteiger partial charge in [-0.25, -0.2) is 0 Å². The quantitative estimate of drug-likeness (QED) is 0.838. The molecule has 0 amide bonds. The van der Waals surface area contributed by atoms with Crippen LogP contribution in [0.5, 0.6) is 0 Å². The highest BCUT2D eigenvalue weighted by Gasteiger charge is 2.37. The third-order valence-electron chi connectivity index (χ3n) is 3.83. The normalized spacial score (nSPS) is 29.8. The van der Waals surface area contributed by atoms with Crippen molar-refractivity contribution in [3.8, 4) is 0 Å². The van der Waals surface area contributed by atoms with Crippen LogP contribution in [0, 0.1) is 6.92 Å². The third kappa shape index (κ3) is 2.33. The van der Waals surface area contributed by atoms with Gasteiger partial charge in [0.05, 0.1) is 0 Å². The van der Waals surface area contributed by atoms with Gasteiger partial charge >= 0.3 is 0 Å². The lowest BCUT2D eigenvalue weighted by Gasteiger charge is -2.24. The molecule has 0 bridgehead atoms. The molecule has 1 aromatic rings. The summed E-state index contributed by atoms with van der Waals surface area (Å²) in [7, 11) is 0. The van der Waals surface area contributed by atoms with E-state index in [0.717, 1.165) is 6.04 Å². The van der Waals surface area contributed by atoms with Crippen molar-refractivity contribution in [2.45, 2.75) is 57.9 Å². The van der Waals surface area contributed by atoms with Gasteiger partial charge in [-0.1, -0.05) is 13.8 Å². The zero-order chi connectivity index (χ0) is 11.6. The summed E-state index contributed by atoms with van der Waals surface area (Å²) >= 11 is 1.94. The summed E-state index contributed by atoms with van der Waals surface area (Å²) in [5.74, 6) is 0. The van der Waals surface area contributed by atoms with Crippen molar-refractivity contribution >= 4 is 11.3 Å². The Morgan fingerprint density at radius 3 is 3.00 bits per heavy atom. The first-order valence-electron chi connectivity index (χ1n) is 6.43. The number of hydrogen-bond acceptors (Lipinski definition) is 2. The van der Waals surface area contributed by atoms with Gasteiger partial charge in [-0.3, -0.25) is 0 Å². The first kappa shape index (κ1) is 12.1. The van der Waals surface area contributed by atoms with E-state index in [1.165, 1.54) is 37.8 Å². The molecule has 16 heavy (non-hydrogen) atoms. The summed E-state index contributed by atoms with van der Waals surface area (Å²) in [4.78, 5) is 1.62. The minimum absolute atomic E-state index is 0.434. The molecule has 1 saturated carbocycles. The zero-order valence-electron chi connectivity index (χ0n) is 10.7. The van der Waals surface area contributed by atoms with Gasteiger partial charge in [0.2, 0.25) is 0 Å². The molecule has 2 rings (SSSR count). The van der Waals surface area contributed by atoms with Crippen molar-refractivity contribution in [3.05, 3.63) is 21.9 Å². The maximum atomic E-state index is 3.67. The monoisotopic (exact) mass is 237 g/mol. The van der Waals surface area contributed by atoms with Crippen LogP contribution in [0.4, 0.5) is 0 Å². The molecule has 0 aromatic carbocycles. The van der Waals surface area contributed by atoms with Gasteiger partial charge in [0.25, 0.3) is 0 Å². The van der Waals surface area contributed by atoms with Crippen LogP contribution in [0.2, 0.25) is 0 Å². The Labute approximate surface area is 103 Å². The molecule has 2 unspecified atom stereocenters. The molecule has 1 N–H and O–H groups in total. The molecule has 90 valence electrons. The van der Waals surface area contributed by atoms with Gasteiger partial charge in [0.1, 0.15) is 0 Å². The van der Waals surface area contributed by atoms with Crippen LogP contribution < -0.4 is 5.32 Å². The number of aryl methyl sites for hydroxylation is 1. The third-order valence-corrected chi connectivity index (χ3v) is 5.16. The van der Waals surface area contributed by atoms with E-state index in [0.29, 0.717) is 5.41 Å². The van der Waals surface area contributed by atoms with Crippen LogP contribution in [-0.2, 0) is 5.41 Å². The molecule has 1 fully saturated rings.